The highest BCUT2D eigenvalue weighted by Crippen LogP contribution is 2.23. The number of hydrogen-bond donors (Lipinski definition) is 1. The summed E-state index contributed by atoms with van der Waals surface area (Å²) in [6, 6.07) is 28.5. The second-order valence-electron chi connectivity index (χ2n) is 10.4. The predicted molar refractivity (Wildman–Crippen MR) is 170 cm³/mol. The number of hydrogen-bond acceptors (Lipinski definition) is 4. The van der Waals surface area contributed by atoms with Crippen LogP contribution in [0.1, 0.15) is 31.4 Å². The van der Waals surface area contributed by atoms with Crippen LogP contribution in [0.5, 0.6) is 0 Å². The Bertz CT molecular complexity index is 1650. The smallest absolute Gasteiger partial charge is 0.243 e. The first kappa shape index (κ1) is 31.4. The van der Waals surface area contributed by atoms with Crippen LogP contribution in [0.3, 0.4) is 0 Å². The lowest BCUT2D eigenvalue weighted by Crippen LogP contribution is -2.54. The van der Waals surface area contributed by atoms with Gasteiger partial charge in [0.1, 0.15) is 6.04 Å². The van der Waals surface area contributed by atoms with Crippen LogP contribution in [0.15, 0.2) is 106 Å². The first-order valence-corrected chi connectivity index (χ1v) is 16.1. The predicted octanol–water partition coefficient (Wildman–Crippen LogP) is 5.78. The van der Waals surface area contributed by atoms with Gasteiger partial charge in [-0.1, -0.05) is 95.7 Å². The van der Waals surface area contributed by atoms with E-state index in [1.807, 2.05) is 92.7 Å². The number of benzene rings is 4. The van der Waals surface area contributed by atoms with Crippen molar-refractivity contribution in [2.45, 2.75) is 50.2 Å². The van der Waals surface area contributed by atoms with Gasteiger partial charge in [0.15, 0.2) is 0 Å². The molecule has 4 rings (SSSR count). The van der Waals surface area contributed by atoms with Crippen LogP contribution in [-0.2, 0) is 32.6 Å². The number of amides is 2. The van der Waals surface area contributed by atoms with E-state index in [1.165, 1.54) is 11.9 Å². The lowest BCUT2D eigenvalue weighted by molar-refractivity contribution is -0.141. The van der Waals surface area contributed by atoms with Crippen LogP contribution >= 0.6 is 15.9 Å². The molecule has 0 bridgehead atoms. The van der Waals surface area contributed by atoms with Crippen LogP contribution in [0.4, 0.5) is 0 Å². The van der Waals surface area contributed by atoms with Crippen LogP contribution in [0.25, 0.3) is 10.8 Å². The zero-order valence-corrected chi connectivity index (χ0v) is 26.4. The molecular formula is C33H36BrN3O4S. The average Bonchev–Trinajstić information content (AvgIpc) is 2.98. The van der Waals surface area contributed by atoms with Crippen molar-refractivity contribution in [3.63, 3.8) is 0 Å². The molecule has 0 aliphatic carbocycles. The molecule has 0 aliphatic rings. The SMILES string of the molecule is CC[C@@H](C)NC(=O)[C@H](Cc1ccccc1)N(Cc1cccc(Br)c1)C(=O)CN(C)S(=O)(=O)c1ccc2ccccc2c1. The average molecular weight is 651 g/mol. The lowest BCUT2D eigenvalue weighted by Gasteiger charge is -2.33. The molecule has 2 amide bonds. The van der Waals surface area contributed by atoms with Gasteiger partial charge >= 0.3 is 0 Å². The molecule has 1 N–H and O–H groups in total. The Kier molecular flexibility index (Phi) is 10.5. The van der Waals surface area contributed by atoms with Gasteiger partial charge in [-0.25, -0.2) is 8.42 Å². The molecule has 2 atom stereocenters. The summed E-state index contributed by atoms with van der Waals surface area (Å²) in [4.78, 5) is 29.4. The molecule has 0 aromatic heterocycles. The molecule has 220 valence electrons. The van der Waals surface area contributed by atoms with Crippen molar-refractivity contribution in [1.29, 1.82) is 0 Å². The normalized spacial score (nSPS) is 13.1. The maximum atomic E-state index is 14.1. The molecule has 0 unspecified atom stereocenters. The monoisotopic (exact) mass is 649 g/mol. The minimum Gasteiger partial charge on any atom is -0.352 e. The Morgan fingerprint density at radius 1 is 0.857 bits per heavy atom. The molecule has 7 nitrogen and oxygen atoms in total. The number of carbonyl (C=O) groups is 2. The lowest BCUT2D eigenvalue weighted by atomic mass is 10.0. The van der Waals surface area contributed by atoms with Gasteiger partial charge in [-0.2, -0.15) is 4.31 Å². The Hall–Kier alpha value is -3.53. The summed E-state index contributed by atoms with van der Waals surface area (Å²) in [5, 5.41) is 4.75. The van der Waals surface area contributed by atoms with Crippen molar-refractivity contribution >= 4 is 48.5 Å². The van der Waals surface area contributed by atoms with Gasteiger partial charge in [0.05, 0.1) is 11.4 Å². The van der Waals surface area contributed by atoms with Gasteiger partial charge in [0.25, 0.3) is 0 Å². The van der Waals surface area contributed by atoms with Crippen LogP contribution in [0.2, 0.25) is 0 Å². The van der Waals surface area contributed by atoms with E-state index in [0.29, 0.717) is 0 Å². The van der Waals surface area contributed by atoms with Crippen molar-refractivity contribution in [1.82, 2.24) is 14.5 Å². The molecule has 9 heteroatoms. The van der Waals surface area contributed by atoms with Crippen molar-refractivity contribution in [2.75, 3.05) is 13.6 Å². The molecule has 0 aliphatic heterocycles. The van der Waals surface area contributed by atoms with Crippen molar-refractivity contribution in [3.8, 4) is 0 Å². The topological polar surface area (TPSA) is 86.8 Å². The van der Waals surface area contributed by atoms with Crippen LogP contribution in [-0.4, -0.2) is 55.1 Å². The van der Waals surface area contributed by atoms with E-state index >= 15 is 0 Å². The number of nitrogens with zero attached hydrogens (tertiary/aromatic N) is 2. The van der Waals surface area contributed by atoms with E-state index in [0.717, 1.165) is 37.1 Å². The first-order chi connectivity index (χ1) is 20.1. The number of likely N-dealkylation sites (N-methyl/N-ethyl adjacent to an activating group) is 1. The Morgan fingerprint density at radius 2 is 1.52 bits per heavy atom. The summed E-state index contributed by atoms with van der Waals surface area (Å²) in [5.41, 5.74) is 1.71. The highest BCUT2D eigenvalue weighted by Gasteiger charge is 2.33. The second kappa shape index (κ2) is 14.1. The number of fused-ring (bicyclic) bond motifs is 1. The number of halogens is 1. The van der Waals surface area contributed by atoms with Gasteiger partial charge < -0.3 is 10.2 Å². The van der Waals surface area contributed by atoms with Crippen LogP contribution in [0, 0.1) is 0 Å². The summed E-state index contributed by atoms with van der Waals surface area (Å²) in [7, 11) is -2.59. The Labute approximate surface area is 256 Å². The molecule has 0 fully saturated rings. The quantitative estimate of drug-likeness (QED) is 0.211. The van der Waals surface area contributed by atoms with Gasteiger partial charge in [0, 0.05) is 30.5 Å². The number of rotatable bonds is 12. The van der Waals surface area contributed by atoms with Crippen molar-refractivity contribution in [2.24, 2.45) is 0 Å². The fourth-order valence-electron chi connectivity index (χ4n) is 4.70. The summed E-state index contributed by atoms with van der Waals surface area (Å²) in [6.07, 6.45) is 1.01. The zero-order valence-electron chi connectivity index (χ0n) is 24.0. The van der Waals surface area contributed by atoms with E-state index in [4.69, 9.17) is 0 Å². The van der Waals surface area contributed by atoms with Gasteiger partial charge in [-0.05, 0) is 59.5 Å². The number of nitrogens with one attached hydrogen (secondary N) is 1. The summed E-state index contributed by atoms with van der Waals surface area (Å²) in [6.45, 7) is 3.61. The minimum absolute atomic E-state index is 0.0884. The van der Waals surface area contributed by atoms with E-state index < -0.39 is 28.5 Å². The van der Waals surface area contributed by atoms with Crippen molar-refractivity contribution < 1.29 is 18.0 Å². The standard InChI is InChI=1S/C33H36BrN3O4S/c1-4-24(2)35-33(39)31(20-25-11-6-5-7-12-25)37(22-26-13-10-16-29(34)19-26)32(38)23-36(3)42(40,41)30-18-17-27-14-8-9-15-28(27)21-30/h5-19,21,24,31H,4,20,22-23H2,1-3H3,(H,35,39)/t24-,31+/m1/s1. The maximum Gasteiger partial charge on any atom is 0.243 e. The molecule has 42 heavy (non-hydrogen) atoms. The third-order valence-electron chi connectivity index (χ3n) is 7.30. The maximum absolute atomic E-state index is 14.1. The molecule has 0 radical (unpaired) electrons. The molecule has 0 spiro atoms. The third-order valence-corrected chi connectivity index (χ3v) is 9.59. The molecule has 4 aromatic carbocycles. The minimum atomic E-state index is -3.99. The van der Waals surface area contributed by atoms with Gasteiger partial charge in [-0.15, -0.1) is 0 Å². The Morgan fingerprint density at radius 3 is 2.21 bits per heavy atom. The molecule has 0 saturated heterocycles. The number of carbonyl (C=O) groups excluding carboxylic acids is 2. The molecule has 0 saturated carbocycles. The van der Waals surface area contributed by atoms with E-state index in [2.05, 4.69) is 21.2 Å². The summed E-state index contributed by atoms with van der Waals surface area (Å²) in [5.74, 6) is -0.751. The number of sulfonamides is 1. The fraction of sp³-hybridized carbons (Fsp3) is 0.273. The molecule has 0 heterocycles. The van der Waals surface area contributed by atoms with Gasteiger partial charge in [0.2, 0.25) is 21.8 Å². The largest absolute Gasteiger partial charge is 0.352 e. The molecular weight excluding hydrogens is 614 g/mol. The highest BCUT2D eigenvalue weighted by molar-refractivity contribution is 9.10. The first-order valence-electron chi connectivity index (χ1n) is 13.9. The second-order valence-corrected chi connectivity index (χ2v) is 13.4. The van der Waals surface area contributed by atoms with Crippen molar-refractivity contribution in [3.05, 3.63) is 113 Å². The summed E-state index contributed by atoms with van der Waals surface area (Å²) < 4.78 is 29.1. The summed E-state index contributed by atoms with van der Waals surface area (Å²) >= 11 is 3.49. The zero-order chi connectivity index (χ0) is 30.3. The van der Waals surface area contributed by atoms with E-state index in [-0.39, 0.29) is 29.8 Å². The van der Waals surface area contributed by atoms with Gasteiger partial charge in [-0.3, -0.25) is 9.59 Å². The fourth-order valence-corrected chi connectivity index (χ4v) is 6.30. The Balaban J connectivity index is 1.68. The van der Waals surface area contributed by atoms with E-state index in [9.17, 15) is 18.0 Å². The van der Waals surface area contributed by atoms with Crippen LogP contribution < -0.4 is 5.32 Å². The highest BCUT2D eigenvalue weighted by atomic mass is 79.9. The van der Waals surface area contributed by atoms with E-state index in [1.54, 1.807) is 18.2 Å². The molecule has 4 aromatic rings. The third kappa shape index (κ3) is 7.85.